The van der Waals surface area contributed by atoms with Crippen LogP contribution in [0.2, 0.25) is 0 Å². The minimum Gasteiger partial charge on any atom is -0.493 e. The topological polar surface area (TPSA) is 38.8 Å². The summed E-state index contributed by atoms with van der Waals surface area (Å²) in [6.07, 6.45) is 2.17. The lowest BCUT2D eigenvalue weighted by atomic mass is 9.81. The van der Waals surface area contributed by atoms with Crippen molar-refractivity contribution in [2.45, 2.75) is 25.9 Å². The van der Waals surface area contributed by atoms with Crippen LogP contribution in [0, 0.1) is 6.92 Å². The molecule has 0 spiro atoms. The van der Waals surface area contributed by atoms with E-state index >= 15 is 0 Å². The minimum atomic E-state index is -0.0796. The van der Waals surface area contributed by atoms with E-state index in [2.05, 4.69) is 62.0 Å². The monoisotopic (exact) mass is 463 g/mol. The van der Waals surface area contributed by atoms with Gasteiger partial charge in [-0.3, -0.25) is 4.79 Å². The Bertz CT molecular complexity index is 1410. The number of anilines is 1. The zero-order valence-electron chi connectivity index (χ0n) is 20.2. The van der Waals surface area contributed by atoms with Gasteiger partial charge in [-0.2, -0.15) is 0 Å². The SMILES string of the molecule is C=CCN1C(=O)CC(c2ccc(OCc3ccccc3C)c(OC)c2)c2c1ccc1ccccc21. The van der Waals surface area contributed by atoms with E-state index in [-0.39, 0.29) is 11.8 Å². The molecule has 1 atom stereocenters. The molecule has 0 aromatic heterocycles. The first-order chi connectivity index (χ1) is 17.1. The molecular weight excluding hydrogens is 434 g/mol. The Morgan fingerprint density at radius 1 is 1.00 bits per heavy atom. The predicted octanol–water partition coefficient (Wildman–Crippen LogP) is 6.79. The quantitative estimate of drug-likeness (QED) is 0.283. The van der Waals surface area contributed by atoms with Gasteiger partial charge in [0.1, 0.15) is 6.61 Å². The van der Waals surface area contributed by atoms with Crippen LogP contribution in [0.3, 0.4) is 0 Å². The van der Waals surface area contributed by atoms with Crippen LogP contribution in [-0.2, 0) is 11.4 Å². The molecule has 4 aromatic carbocycles. The molecule has 1 amide bonds. The van der Waals surface area contributed by atoms with Crippen molar-refractivity contribution in [3.05, 3.63) is 114 Å². The van der Waals surface area contributed by atoms with Crippen LogP contribution in [0.5, 0.6) is 11.5 Å². The molecule has 0 aliphatic carbocycles. The van der Waals surface area contributed by atoms with Crippen molar-refractivity contribution in [3.8, 4) is 11.5 Å². The van der Waals surface area contributed by atoms with Gasteiger partial charge < -0.3 is 14.4 Å². The third-order valence-corrected chi connectivity index (χ3v) is 6.81. The zero-order valence-corrected chi connectivity index (χ0v) is 20.2. The number of hydrogen-bond acceptors (Lipinski definition) is 3. The van der Waals surface area contributed by atoms with Crippen molar-refractivity contribution in [2.75, 3.05) is 18.6 Å². The highest BCUT2D eigenvalue weighted by atomic mass is 16.5. The summed E-state index contributed by atoms with van der Waals surface area (Å²) in [7, 11) is 1.65. The van der Waals surface area contributed by atoms with Crippen molar-refractivity contribution in [1.29, 1.82) is 0 Å². The number of aryl methyl sites for hydroxylation is 1. The van der Waals surface area contributed by atoms with Crippen LogP contribution in [0.25, 0.3) is 10.8 Å². The highest BCUT2D eigenvalue weighted by Gasteiger charge is 2.33. The van der Waals surface area contributed by atoms with Gasteiger partial charge in [0.25, 0.3) is 0 Å². The molecule has 1 heterocycles. The lowest BCUT2D eigenvalue weighted by Gasteiger charge is -2.35. The Morgan fingerprint density at radius 2 is 1.80 bits per heavy atom. The standard InChI is InChI=1S/C31H29NO3/c1-4-17-32-27-15-13-22-10-7-8-12-25(22)31(27)26(19-30(32)33)23-14-16-28(29(18-23)34-3)35-20-24-11-6-5-9-21(24)2/h4-16,18,26H,1,17,19-20H2,2-3H3. The molecule has 0 N–H and O–H groups in total. The van der Waals surface area contributed by atoms with E-state index < -0.39 is 0 Å². The summed E-state index contributed by atoms with van der Waals surface area (Å²) < 4.78 is 11.9. The lowest BCUT2D eigenvalue weighted by Crippen LogP contribution is -2.37. The summed E-state index contributed by atoms with van der Waals surface area (Å²) in [5.74, 6) is 1.37. The van der Waals surface area contributed by atoms with Gasteiger partial charge in [0, 0.05) is 24.6 Å². The summed E-state index contributed by atoms with van der Waals surface area (Å²) >= 11 is 0. The van der Waals surface area contributed by atoms with Crippen molar-refractivity contribution in [2.24, 2.45) is 0 Å². The first-order valence-corrected chi connectivity index (χ1v) is 11.9. The van der Waals surface area contributed by atoms with Crippen LogP contribution >= 0.6 is 0 Å². The maximum absolute atomic E-state index is 13.2. The van der Waals surface area contributed by atoms with Gasteiger partial charge >= 0.3 is 0 Å². The number of amides is 1. The van der Waals surface area contributed by atoms with Crippen LogP contribution < -0.4 is 14.4 Å². The maximum atomic E-state index is 13.2. The van der Waals surface area contributed by atoms with E-state index in [0.29, 0.717) is 31.1 Å². The van der Waals surface area contributed by atoms with E-state index in [0.717, 1.165) is 27.6 Å². The minimum absolute atomic E-state index is 0.0796. The molecule has 0 bridgehead atoms. The van der Waals surface area contributed by atoms with E-state index in [1.54, 1.807) is 13.2 Å². The summed E-state index contributed by atoms with van der Waals surface area (Å²) in [4.78, 5) is 15.0. The fourth-order valence-corrected chi connectivity index (χ4v) is 4.97. The van der Waals surface area contributed by atoms with E-state index in [4.69, 9.17) is 9.47 Å². The summed E-state index contributed by atoms with van der Waals surface area (Å²) in [6, 6.07) is 26.7. The Balaban J connectivity index is 1.55. The number of ether oxygens (including phenoxy) is 2. The maximum Gasteiger partial charge on any atom is 0.228 e. The Labute approximate surface area is 206 Å². The molecule has 1 unspecified atom stereocenters. The third-order valence-electron chi connectivity index (χ3n) is 6.81. The highest BCUT2D eigenvalue weighted by molar-refractivity contribution is 6.03. The van der Waals surface area contributed by atoms with E-state index in [1.165, 1.54) is 11.1 Å². The molecular formula is C31H29NO3. The summed E-state index contributed by atoms with van der Waals surface area (Å²) in [5, 5.41) is 2.32. The fourth-order valence-electron chi connectivity index (χ4n) is 4.97. The fraction of sp³-hybridized carbons (Fsp3) is 0.194. The van der Waals surface area contributed by atoms with Crippen molar-refractivity contribution in [3.63, 3.8) is 0 Å². The van der Waals surface area contributed by atoms with Crippen LogP contribution in [0.4, 0.5) is 5.69 Å². The highest BCUT2D eigenvalue weighted by Crippen LogP contribution is 2.45. The van der Waals surface area contributed by atoms with Crippen molar-refractivity contribution < 1.29 is 14.3 Å². The molecule has 1 aliphatic rings. The number of carbonyl (C=O) groups excluding carboxylic acids is 1. The number of benzene rings is 4. The number of rotatable bonds is 7. The zero-order chi connectivity index (χ0) is 24.4. The van der Waals surface area contributed by atoms with Gasteiger partial charge in [0.05, 0.1) is 7.11 Å². The molecule has 0 saturated heterocycles. The summed E-state index contributed by atoms with van der Waals surface area (Å²) in [6.45, 7) is 6.89. The second-order valence-electron chi connectivity index (χ2n) is 8.89. The number of carbonyl (C=O) groups is 1. The van der Waals surface area contributed by atoms with Gasteiger partial charge in [-0.1, -0.05) is 66.7 Å². The second-order valence-corrected chi connectivity index (χ2v) is 8.89. The second kappa shape index (κ2) is 9.67. The Kier molecular flexibility index (Phi) is 6.28. The average molecular weight is 464 g/mol. The Morgan fingerprint density at radius 3 is 2.60 bits per heavy atom. The van der Waals surface area contributed by atoms with E-state index in [9.17, 15) is 4.79 Å². The molecule has 176 valence electrons. The number of hydrogen-bond donors (Lipinski definition) is 0. The normalized spacial score (nSPS) is 15.1. The van der Waals surface area contributed by atoms with Gasteiger partial charge in [0.15, 0.2) is 11.5 Å². The molecule has 4 heteroatoms. The largest absolute Gasteiger partial charge is 0.493 e. The number of methoxy groups -OCH3 is 1. The van der Waals surface area contributed by atoms with Gasteiger partial charge in [0.2, 0.25) is 5.91 Å². The van der Waals surface area contributed by atoms with Crippen LogP contribution in [-0.4, -0.2) is 19.6 Å². The van der Waals surface area contributed by atoms with Crippen molar-refractivity contribution in [1.82, 2.24) is 0 Å². The van der Waals surface area contributed by atoms with Crippen LogP contribution in [0.1, 0.15) is 34.6 Å². The van der Waals surface area contributed by atoms with E-state index in [1.807, 2.05) is 35.2 Å². The average Bonchev–Trinajstić information content (AvgIpc) is 2.89. The molecule has 35 heavy (non-hydrogen) atoms. The molecule has 5 rings (SSSR count). The molecule has 0 fully saturated rings. The van der Waals surface area contributed by atoms with Crippen molar-refractivity contribution >= 4 is 22.4 Å². The predicted molar refractivity (Wildman–Crippen MR) is 141 cm³/mol. The molecule has 1 aliphatic heterocycles. The molecule has 0 radical (unpaired) electrons. The lowest BCUT2D eigenvalue weighted by molar-refractivity contribution is -0.119. The van der Waals surface area contributed by atoms with Gasteiger partial charge in [-0.05, 0) is 58.1 Å². The number of nitrogens with zero attached hydrogens (tertiary/aromatic N) is 1. The Hall–Kier alpha value is -4.05. The van der Waals surface area contributed by atoms with Crippen LogP contribution in [0.15, 0.2) is 91.5 Å². The molecule has 4 nitrogen and oxygen atoms in total. The first-order valence-electron chi connectivity index (χ1n) is 11.9. The van der Waals surface area contributed by atoms with Gasteiger partial charge in [-0.25, -0.2) is 0 Å². The third kappa shape index (κ3) is 4.28. The first kappa shape index (κ1) is 22.7. The number of fused-ring (bicyclic) bond motifs is 3. The molecule has 4 aromatic rings. The molecule has 0 saturated carbocycles. The smallest absolute Gasteiger partial charge is 0.228 e. The van der Waals surface area contributed by atoms with Gasteiger partial charge in [-0.15, -0.1) is 6.58 Å². The summed E-state index contributed by atoms with van der Waals surface area (Å²) in [5.41, 5.74) is 5.48.